The number of hydrogen-bond donors (Lipinski definition) is 1. The molecule has 0 radical (unpaired) electrons. The fraction of sp³-hybridized carbons (Fsp3) is 0.364. The highest BCUT2D eigenvalue weighted by atomic mass is 16.5. The summed E-state index contributed by atoms with van der Waals surface area (Å²) in [5, 5.41) is 15.3. The van der Waals surface area contributed by atoms with Crippen molar-refractivity contribution in [2.75, 3.05) is 25.1 Å². The second-order valence-electron chi connectivity index (χ2n) is 8.03. The van der Waals surface area contributed by atoms with Crippen LogP contribution in [0.2, 0.25) is 0 Å². The molecule has 1 aliphatic heterocycles. The number of benzene rings is 1. The van der Waals surface area contributed by atoms with Gasteiger partial charge in [-0.05, 0) is 25.0 Å². The average molecular weight is 420 g/mol. The second kappa shape index (κ2) is 7.66. The zero-order chi connectivity index (χ0) is 21.4. The zero-order valence-electron chi connectivity index (χ0n) is 17.5. The van der Waals surface area contributed by atoms with E-state index in [9.17, 15) is 5.11 Å². The van der Waals surface area contributed by atoms with Gasteiger partial charge in [-0.1, -0.05) is 17.3 Å². The van der Waals surface area contributed by atoms with Crippen molar-refractivity contribution in [3.63, 3.8) is 0 Å². The van der Waals surface area contributed by atoms with Crippen molar-refractivity contribution in [1.82, 2.24) is 24.7 Å². The summed E-state index contributed by atoms with van der Waals surface area (Å²) >= 11 is 0. The van der Waals surface area contributed by atoms with Gasteiger partial charge in [-0.25, -0.2) is 9.97 Å². The van der Waals surface area contributed by atoms with Crippen molar-refractivity contribution in [3.8, 4) is 17.0 Å². The van der Waals surface area contributed by atoms with Gasteiger partial charge in [0.25, 0.3) is 0 Å². The van der Waals surface area contributed by atoms with E-state index in [0.717, 1.165) is 28.2 Å². The van der Waals surface area contributed by atoms with Gasteiger partial charge in [0.1, 0.15) is 22.7 Å². The molecule has 0 spiro atoms. The predicted octanol–water partition coefficient (Wildman–Crippen LogP) is 2.60. The van der Waals surface area contributed by atoms with Crippen molar-refractivity contribution in [2.45, 2.75) is 24.9 Å². The van der Waals surface area contributed by atoms with Crippen LogP contribution < -0.4 is 9.64 Å². The molecule has 9 nitrogen and oxygen atoms in total. The van der Waals surface area contributed by atoms with Crippen LogP contribution in [-0.4, -0.2) is 55.6 Å². The first kappa shape index (κ1) is 19.5. The summed E-state index contributed by atoms with van der Waals surface area (Å²) in [5.74, 6) is 2.10. The molecule has 1 fully saturated rings. The van der Waals surface area contributed by atoms with E-state index in [1.165, 1.54) is 0 Å². The molecule has 0 amide bonds. The van der Waals surface area contributed by atoms with Crippen LogP contribution in [-0.2, 0) is 13.5 Å². The Labute approximate surface area is 179 Å². The molecule has 0 aliphatic carbocycles. The minimum Gasteiger partial charge on any atom is -0.497 e. The molecular formula is C22H24N6O3. The number of aromatic nitrogens is 5. The summed E-state index contributed by atoms with van der Waals surface area (Å²) < 4.78 is 12.7. The first-order valence-corrected chi connectivity index (χ1v) is 10.2. The molecular weight excluding hydrogens is 396 g/mol. The quantitative estimate of drug-likeness (QED) is 0.526. The number of anilines is 1. The fourth-order valence-electron chi connectivity index (χ4n) is 4.00. The first-order chi connectivity index (χ1) is 15.0. The molecule has 0 unspecified atom stereocenters. The second-order valence-corrected chi connectivity index (χ2v) is 8.03. The van der Waals surface area contributed by atoms with E-state index in [2.05, 4.69) is 25.0 Å². The van der Waals surface area contributed by atoms with Crippen LogP contribution in [0.4, 0.5) is 5.95 Å². The molecule has 0 saturated carbocycles. The number of rotatable bonds is 5. The highest BCUT2D eigenvalue weighted by molar-refractivity contribution is 5.70. The summed E-state index contributed by atoms with van der Waals surface area (Å²) in [6.45, 7) is 1.33. The lowest BCUT2D eigenvalue weighted by Crippen LogP contribution is -2.46. The SMILES string of the molecule is COc1cccc(-c2cc(CC3(O)CCN(c4ncc5ncn(C)c5n4)CC3)on2)c1. The van der Waals surface area contributed by atoms with Crippen molar-refractivity contribution >= 4 is 17.1 Å². The Morgan fingerprint density at radius 2 is 2.03 bits per heavy atom. The topological polar surface area (TPSA) is 102 Å². The Morgan fingerprint density at radius 1 is 1.19 bits per heavy atom. The van der Waals surface area contributed by atoms with Gasteiger partial charge in [-0.2, -0.15) is 4.98 Å². The van der Waals surface area contributed by atoms with Crippen LogP contribution >= 0.6 is 0 Å². The molecule has 1 aromatic carbocycles. The molecule has 1 saturated heterocycles. The lowest BCUT2D eigenvalue weighted by atomic mass is 9.87. The zero-order valence-corrected chi connectivity index (χ0v) is 17.5. The van der Waals surface area contributed by atoms with E-state index in [1.807, 2.05) is 41.9 Å². The van der Waals surface area contributed by atoms with Gasteiger partial charge in [-0.15, -0.1) is 0 Å². The molecule has 0 atom stereocenters. The number of nitrogens with zero attached hydrogens (tertiary/aromatic N) is 6. The molecule has 1 N–H and O–H groups in total. The normalized spacial score (nSPS) is 16.0. The third kappa shape index (κ3) is 3.84. The summed E-state index contributed by atoms with van der Waals surface area (Å²) in [4.78, 5) is 15.4. The maximum Gasteiger partial charge on any atom is 0.227 e. The molecule has 9 heteroatoms. The van der Waals surface area contributed by atoms with E-state index < -0.39 is 5.60 Å². The van der Waals surface area contributed by atoms with Gasteiger partial charge < -0.3 is 23.8 Å². The molecule has 160 valence electrons. The molecule has 3 aromatic heterocycles. The van der Waals surface area contributed by atoms with Crippen molar-refractivity contribution in [1.29, 1.82) is 0 Å². The molecule has 4 aromatic rings. The summed E-state index contributed by atoms with van der Waals surface area (Å²) in [7, 11) is 3.55. The van der Waals surface area contributed by atoms with Gasteiger partial charge in [-0.3, -0.25) is 0 Å². The lowest BCUT2D eigenvalue weighted by molar-refractivity contribution is 0.0107. The number of aliphatic hydroxyl groups is 1. The van der Waals surface area contributed by atoms with Gasteiger partial charge in [0.05, 0.1) is 25.2 Å². The van der Waals surface area contributed by atoms with Crippen molar-refractivity contribution in [2.24, 2.45) is 7.05 Å². The van der Waals surface area contributed by atoms with Crippen LogP contribution in [0.3, 0.4) is 0 Å². The number of methoxy groups -OCH3 is 1. The summed E-state index contributed by atoms with van der Waals surface area (Å²) in [5.41, 5.74) is 2.37. The monoisotopic (exact) mass is 420 g/mol. The van der Waals surface area contributed by atoms with E-state index >= 15 is 0 Å². The number of aryl methyl sites for hydroxylation is 1. The molecule has 0 bridgehead atoms. The maximum absolute atomic E-state index is 11.1. The summed E-state index contributed by atoms with van der Waals surface area (Å²) in [6.07, 6.45) is 5.08. The first-order valence-electron chi connectivity index (χ1n) is 10.2. The van der Waals surface area contributed by atoms with Crippen molar-refractivity contribution < 1.29 is 14.4 Å². The minimum atomic E-state index is -0.849. The van der Waals surface area contributed by atoms with Gasteiger partial charge in [0.15, 0.2) is 5.65 Å². The number of hydrogen-bond acceptors (Lipinski definition) is 8. The van der Waals surface area contributed by atoms with Crippen LogP contribution in [0.25, 0.3) is 22.4 Å². The molecule has 5 rings (SSSR count). The fourth-order valence-corrected chi connectivity index (χ4v) is 4.00. The van der Waals surface area contributed by atoms with Crippen LogP contribution in [0.5, 0.6) is 5.75 Å². The highest BCUT2D eigenvalue weighted by Crippen LogP contribution is 2.30. The number of fused-ring (bicyclic) bond motifs is 1. The molecule has 1 aliphatic rings. The number of imidazole rings is 1. The Kier molecular flexibility index (Phi) is 4.82. The summed E-state index contributed by atoms with van der Waals surface area (Å²) in [6, 6.07) is 9.55. The number of ether oxygens (including phenoxy) is 1. The van der Waals surface area contributed by atoms with Gasteiger partial charge in [0.2, 0.25) is 5.95 Å². The Hall–Kier alpha value is -3.46. The Bertz CT molecular complexity index is 1210. The molecule has 4 heterocycles. The van der Waals surface area contributed by atoms with E-state index in [4.69, 9.17) is 9.26 Å². The van der Waals surface area contributed by atoms with Crippen LogP contribution in [0, 0.1) is 0 Å². The largest absolute Gasteiger partial charge is 0.497 e. The van der Waals surface area contributed by atoms with E-state index in [0.29, 0.717) is 44.1 Å². The maximum atomic E-state index is 11.1. The number of piperidine rings is 1. The predicted molar refractivity (Wildman–Crippen MR) is 115 cm³/mol. The van der Waals surface area contributed by atoms with Crippen LogP contribution in [0.1, 0.15) is 18.6 Å². The Morgan fingerprint density at radius 3 is 2.84 bits per heavy atom. The Balaban J connectivity index is 1.26. The third-order valence-corrected chi connectivity index (χ3v) is 5.85. The van der Waals surface area contributed by atoms with E-state index in [-0.39, 0.29) is 0 Å². The molecule has 31 heavy (non-hydrogen) atoms. The van der Waals surface area contributed by atoms with Gasteiger partial charge >= 0.3 is 0 Å². The van der Waals surface area contributed by atoms with E-state index in [1.54, 1.807) is 19.6 Å². The lowest BCUT2D eigenvalue weighted by Gasteiger charge is -2.37. The third-order valence-electron chi connectivity index (χ3n) is 5.85. The smallest absolute Gasteiger partial charge is 0.227 e. The minimum absolute atomic E-state index is 0.416. The van der Waals surface area contributed by atoms with Gasteiger partial charge in [0, 0.05) is 38.2 Å². The van der Waals surface area contributed by atoms with Crippen molar-refractivity contribution in [3.05, 3.63) is 48.6 Å². The standard InChI is InChI=1S/C22H24N6O3/c1-27-14-24-19-13-23-21(25-20(19)27)28-8-6-22(29,7-9-28)12-17-11-18(26-31-17)15-4-3-5-16(10-15)30-2/h3-5,10-11,13-14,29H,6-9,12H2,1-2H3. The highest BCUT2D eigenvalue weighted by Gasteiger charge is 2.34. The van der Waals surface area contributed by atoms with Crippen LogP contribution in [0.15, 0.2) is 47.4 Å². The average Bonchev–Trinajstić information content (AvgIpc) is 3.40.